The molecule has 0 aromatic rings. The molecule has 0 saturated heterocycles. The summed E-state index contributed by atoms with van der Waals surface area (Å²) < 4.78 is 0. The monoisotopic (exact) mass is 304 g/mol. The van der Waals surface area contributed by atoms with Crippen LogP contribution in [0.2, 0.25) is 0 Å². The van der Waals surface area contributed by atoms with Gasteiger partial charge in [0.25, 0.3) is 0 Å². The first kappa shape index (κ1) is 18.9. The van der Waals surface area contributed by atoms with Gasteiger partial charge in [0.1, 0.15) is 5.71 Å². The van der Waals surface area contributed by atoms with Crippen molar-refractivity contribution in [3.05, 3.63) is 10.1 Å². The Morgan fingerprint density at radius 3 is 2.50 bits per heavy atom. The van der Waals surface area contributed by atoms with Crippen molar-refractivity contribution in [1.82, 2.24) is 0 Å². The van der Waals surface area contributed by atoms with Crippen LogP contribution in [0.5, 0.6) is 0 Å². The molecule has 7 heteroatoms. The third kappa shape index (κ3) is 10.8. The summed E-state index contributed by atoms with van der Waals surface area (Å²) in [5.41, 5.74) is 0.209. The zero-order chi connectivity index (χ0) is 15.2. The average molecular weight is 304 g/mol. The highest BCUT2D eigenvalue weighted by molar-refractivity contribution is 8.15. The summed E-state index contributed by atoms with van der Waals surface area (Å²) in [6.07, 6.45) is 6.48. The van der Waals surface area contributed by atoms with Gasteiger partial charge in [-0.05, 0) is 25.7 Å². The number of rotatable bonds is 12. The van der Waals surface area contributed by atoms with E-state index in [-0.39, 0.29) is 22.3 Å². The third-order valence-electron chi connectivity index (χ3n) is 2.84. The first-order chi connectivity index (χ1) is 9.61. The minimum atomic E-state index is -0.322. The van der Waals surface area contributed by atoms with Crippen molar-refractivity contribution in [1.29, 1.82) is 0 Å². The topological polar surface area (TPSA) is 92.8 Å². The highest BCUT2D eigenvalue weighted by Gasteiger charge is 2.12. The van der Waals surface area contributed by atoms with Crippen molar-refractivity contribution in [3.8, 4) is 0 Å². The normalized spacial score (nSPS) is 11.6. The first-order valence-electron chi connectivity index (χ1n) is 7.11. The highest BCUT2D eigenvalue weighted by atomic mass is 32.2. The number of thioether (sulfide) groups is 1. The molecule has 0 aliphatic carbocycles. The van der Waals surface area contributed by atoms with Gasteiger partial charge in [-0.2, -0.15) is 0 Å². The maximum atomic E-state index is 11.7. The first-order valence-corrected chi connectivity index (χ1v) is 8.10. The van der Waals surface area contributed by atoms with E-state index in [4.69, 9.17) is 5.21 Å². The largest absolute Gasteiger partial charge is 0.411 e. The van der Waals surface area contributed by atoms with Crippen molar-refractivity contribution >= 4 is 22.6 Å². The molecule has 0 fully saturated rings. The highest BCUT2D eigenvalue weighted by Crippen LogP contribution is 2.12. The van der Waals surface area contributed by atoms with Crippen LogP contribution in [0.4, 0.5) is 0 Å². The number of carbonyl (C=O) groups is 1. The molecule has 0 rings (SSSR count). The molecule has 20 heavy (non-hydrogen) atoms. The number of nitro groups is 1. The number of hydrogen-bond acceptors (Lipinski definition) is 6. The molecule has 0 aliphatic rings. The fourth-order valence-corrected chi connectivity index (χ4v) is 2.52. The summed E-state index contributed by atoms with van der Waals surface area (Å²) in [6, 6.07) is 0. The molecular weight excluding hydrogens is 280 g/mol. The Morgan fingerprint density at radius 1 is 1.20 bits per heavy atom. The summed E-state index contributed by atoms with van der Waals surface area (Å²) in [5.74, 6) is 0.758. The standard InChI is InChI=1S/C13H24N2O4S/c1-2-3-8-11-20-13(16)12(14-17)9-6-4-5-7-10-15(18)19/h17H,2-11H2,1H3/b14-12-. The Labute approximate surface area is 124 Å². The zero-order valence-corrected chi connectivity index (χ0v) is 12.9. The Kier molecular flexibility index (Phi) is 12.2. The lowest BCUT2D eigenvalue weighted by Crippen LogP contribution is -2.11. The van der Waals surface area contributed by atoms with Crippen LogP contribution in [0.25, 0.3) is 0 Å². The van der Waals surface area contributed by atoms with Crippen LogP contribution in [0, 0.1) is 10.1 Å². The number of oxime groups is 1. The van der Waals surface area contributed by atoms with Crippen LogP contribution in [0.15, 0.2) is 5.16 Å². The maximum Gasteiger partial charge on any atom is 0.236 e. The lowest BCUT2D eigenvalue weighted by atomic mass is 10.1. The van der Waals surface area contributed by atoms with Gasteiger partial charge >= 0.3 is 0 Å². The fraction of sp³-hybridized carbons (Fsp3) is 0.846. The van der Waals surface area contributed by atoms with Gasteiger partial charge in [0.2, 0.25) is 11.7 Å². The van der Waals surface area contributed by atoms with E-state index >= 15 is 0 Å². The molecule has 0 amide bonds. The van der Waals surface area contributed by atoms with Gasteiger partial charge in [0, 0.05) is 17.1 Å². The second kappa shape index (κ2) is 12.9. The van der Waals surface area contributed by atoms with Gasteiger partial charge in [-0.3, -0.25) is 14.9 Å². The van der Waals surface area contributed by atoms with Crippen LogP contribution in [0.3, 0.4) is 0 Å². The van der Waals surface area contributed by atoms with Crippen LogP contribution >= 0.6 is 11.8 Å². The van der Waals surface area contributed by atoms with Gasteiger partial charge in [0.05, 0.1) is 0 Å². The molecule has 0 radical (unpaired) electrons. The maximum absolute atomic E-state index is 11.7. The van der Waals surface area contributed by atoms with E-state index in [9.17, 15) is 14.9 Å². The van der Waals surface area contributed by atoms with Gasteiger partial charge in [-0.1, -0.05) is 43.1 Å². The van der Waals surface area contributed by atoms with E-state index in [1.807, 2.05) is 0 Å². The molecule has 0 heterocycles. The fourth-order valence-electron chi connectivity index (χ4n) is 1.68. The Balaban J connectivity index is 3.70. The van der Waals surface area contributed by atoms with Crippen molar-refractivity contribution in [3.63, 3.8) is 0 Å². The number of unbranched alkanes of at least 4 members (excludes halogenated alkanes) is 5. The summed E-state index contributed by atoms with van der Waals surface area (Å²) in [4.78, 5) is 21.5. The van der Waals surface area contributed by atoms with Gasteiger partial charge in [-0.15, -0.1) is 0 Å². The third-order valence-corrected chi connectivity index (χ3v) is 3.83. The van der Waals surface area contributed by atoms with E-state index in [0.29, 0.717) is 12.8 Å². The van der Waals surface area contributed by atoms with Crippen molar-refractivity contribution < 1.29 is 14.9 Å². The molecule has 0 atom stereocenters. The predicted molar refractivity (Wildman–Crippen MR) is 81.2 cm³/mol. The van der Waals surface area contributed by atoms with Crippen LogP contribution in [-0.4, -0.2) is 33.3 Å². The predicted octanol–water partition coefficient (Wildman–Crippen LogP) is 3.49. The summed E-state index contributed by atoms with van der Waals surface area (Å²) in [5, 5.41) is 21.9. The number of nitrogens with zero attached hydrogens (tertiary/aromatic N) is 2. The Hall–Kier alpha value is -1.11. The van der Waals surface area contributed by atoms with E-state index in [2.05, 4.69) is 12.1 Å². The Bertz CT molecular complexity index is 321. The van der Waals surface area contributed by atoms with Crippen molar-refractivity contribution in [2.24, 2.45) is 5.16 Å². The minimum Gasteiger partial charge on any atom is -0.411 e. The average Bonchev–Trinajstić information content (AvgIpc) is 2.42. The van der Waals surface area contributed by atoms with E-state index < -0.39 is 0 Å². The van der Waals surface area contributed by atoms with Crippen LogP contribution in [-0.2, 0) is 4.79 Å². The Morgan fingerprint density at radius 2 is 1.90 bits per heavy atom. The van der Waals surface area contributed by atoms with Crippen LogP contribution < -0.4 is 0 Å². The summed E-state index contributed by atoms with van der Waals surface area (Å²) >= 11 is 1.20. The number of carbonyl (C=O) groups excluding carboxylic acids is 1. The molecule has 6 nitrogen and oxygen atoms in total. The molecule has 0 bridgehead atoms. The molecule has 1 N–H and O–H groups in total. The quantitative estimate of drug-likeness (QED) is 0.196. The molecule has 0 unspecified atom stereocenters. The molecule has 0 aromatic heterocycles. The molecule has 0 spiro atoms. The van der Waals surface area contributed by atoms with Gasteiger partial charge in [0.15, 0.2) is 0 Å². The molecular formula is C13H24N2O4S. The minimum absolute atomic E-state index is 0.00679. The number of hydrogen-bond donors (Lipinski definition) is 1. The van der Waals surface area contributed by atoms with E-state index in [0.717, 1.165) is 44.3 Å². The summed E-state index contributed by atoms with van der Waals surface area (Å²) in [6.45, 7) is 2.10. The molecule has 0 saturated carbocycles. The summed E-state index contributed by atoms with van der Waals surface area (Å²) in [7, 11) is 0. The van der Waals surface area contributed by atoms with E-state index in [1.165, 1.54) is 11.8 Å². The van der Waals surface area contributed by atoms with Gasteiger partial charge < -0.3 is 5.21 Å². The lowest BCUT2D eigenvalue weighted by molar-refractivity contribution is -0.480. The molecule has 116 valence electrons. The second-order valence-corrected chi connectivity index (χ2v) is 5.68. The lowest BCUT2D eigenvalue weighted by Gasteiger charge is -2.03. The molecule has 0 aromatic carbocycles. The van der Waals surface area contributed by atoms with Gasteiger partial charge in [-0.25, -0.2) is 0 Å². The van der Waals surface area contributed by atoms with Crippen LogP contribution in [0.1, 0.15) is 58.3 Å². The van der Waals surface area contributed by atoms with Crippen molar-refractivity contribution in [2.45, 2.75) is 58.3 Å². The second-order valence-electron chi connectivity index (χ2n) is 4.61. The SMILES string of the molecule is CCCCCSC(=O)/C(CCCCCC[N+](=O)[O-])=N\O. The smallest absolute Gasteiger partial charge is 0.236 e. The molecule has 0 aliphatic heterocycles. The van der Waals surface area contributed by atoms with Crippen molar-refractivity contribution in [2.75, 3.05) is 12.3 Å². The van der Waals surface area contributed by atoms with E-state index in [1.54, 1.807) is 0 Å². The zero-order valence-electron chi connectivity index (χ0n) is 12.0.